The number of nitriles is 1. The van der Waals surface area contributed by atoms with Crippen LogP contribution < -0.4 is 4.98 Å². The molecule has 16 heavy (non-hydrogen) atoms. The second-order valence-corrected chi connectivity index (χ2v) is 4.09. The van der Waals surface area contributed by atoms with Crippen LogP contribution in [-0.2, 0) is 15.1 Å². The van der Waals surface area contributed by atoms with Gasteiger partial charge in [0.25, 0.3) is 0 Å². The summed E-state index contributed by atoms with van der Waals surface area (Å²) in [6.07, 6.45) is 0. The number of nitrogens with zero attached hydrogens (tertiary/aromatic N) is 2. The van der Waals surface area contributed by atoms with E-state index in [0.717, 1.165) is 32.3 Å². The van der Waals surface area contributed by atoms with Crippen molar-refractivity contribution in [1.82, 2.24) is 4.98 Å². The number of hydrogen-bond acceptors (Lipinski definition) is 2. The Morgan fingerprint density at radius 1 is 1.44 bits per heavy atom. The van der Waals surface area contributed by atoms with Crippen LogP contribution in [0.4, 0.5) is 0 Å². The van der Waals surface area contributed by atoms with Crippen molar-refractivity contribution >= 4 is 52.2 Å². The molecule has 0 aliphatic carbocycles. The third-order valence-electron chi connectivity index (χ3n) is 1.97. The monoisotopic (exact) mass is 540 g/mol. The zero-order valence-corrected chi connectivity index (χ0v) is 14.4. The third-order valence-corrected chi connectivity index (χ3v) is 2.95. The zero-order valence-electron chi connectivity index (χ0n) is 8.14. The molecule has 2 aromatic rings. The number of hydrogen-bond donors (Lipinski definition) is 0. The molecule has 1 heterocycles. The molecule has 6 heteroatoms. The molecular formula is C10H6ClIN2OsS-. The Labute approximate surface area is 124 Å². The van der Waals surface area contributed by atoms with Gasteiger partial charge >= 0.3 is 34.7 Å². The molecule has 1 aromatic heterocycles. The molecule has 2 nitrogen and oxygen atoms in total. The van der Waals surface area contributed by atoms with Gasteiger partial charge in [-0.15, -0.1) is 5.52 Å². The molecule has 0 saturated carbocycles. The van der Waals surface area contributed by atoms with Crippen molar-refractivity contribution in [3.63, 3.8) is 0 Å². The van der Waals surface area contributed by atoms with E-state index in [1.54, 1.807) is 6.07 Å². The molecule has 0 saturated heterocycles. The zero-order chi connectivity index (χ0) is 12.1. The van der Waals surface area contributed by atoms with E-state index in [4.69, 9.17) is 15.9 Å². The summed E-state index contributed by atoms with van der Waals surface area (Å²) in [5.74, 6) is 0. The van der Waals surface area contributed by atoms with E-state index in [2.05, 4.69) is 24.7 Å². The number of halogens is 2. The Balaban J connectivity index is 0.000000606. The Kier molecular flexibility index (Phi) is 6.14. The van der Waals surface area contributed by atoms with Gasteiger partial charge in [-0.2, -0.15) is 5.26 Å². The fraction of sp³-hybridized carbons (Fsp3) is 0.100. The van der Waals surface area contributed by atoms with Gasteiger partial charge in [0.2, 0.25) is 0 Å². The van der Waals surface area contributed by atoms with Crippen LogP contribution in [0, 0.1) is 18.3 Å². The topological polar surface area (TPSA) is 37.9 Å². The van der Waals surface area contributed by atoms with E-state index in [1.165, 1.54) is 0 Å². The fourth-order valence-electron chi connectivity index (χ4n) is 1.42. The van der Waals surface area contributed by atoms with E-state index in [9.17, 15) is 0 Å². The summed E-state index contributed by atoms with van der Waals surface area (Å²) in [5.41, 5.74) is 2.38. The van der Waals surface area contributed by atoms with Gasteiger partial charge in [-0.1, -0.05) is 17.8 Å². The Bertz CT molecular complexity index is 535. The van der Waals surface area contributed by atoms with Crippen molar-refractivity contribution in [2.24, 2.45) is 0 Å². The Morgan fingerprint density at radius 3 is 2.69 bits per heavy atom. The second-order valence-electron chi connectivity index (χ2n) is 3.03. The molecule has 0 fully saturated rings. The molecule has 0 atom stereocenters. The van der Waals surface area contributed by atoms with Crippen molar-refractivity contribution in [3.05, 3.63) is 29.5 Å². The van der Waals surface area contributed by atoms with Crippen LogP contribution in [0.3, 0.4) is 0 Å². The normalized spacial score (nSPS) is 9.44. The summed E-state index contributed by atoms with van der Waals surface area (Å²) < 4.78 is 0. The first kappa shape index (κ1) is 14.3. The molecule has 0 aliphatic heterocycles. The number of aromatic nitrogens is 1. The number of fused-ring (bicyclic) bond motifs is 1. The molecule has 1 aromatic carbocycles. The van der Waals surface area contributed by atoms with Gasteiger partial charge in [-0.05, 0) is 45.6 Å². The SMILES string of the molecule is Cc1cc(SCl)c2[n-]c(C#N)cc2c1.[I][Os]. The second kappa shape index (κ2) is 6.86. The van der Waals surface area contributed by atoms with Gasteiger partial charge in [-0.3, -0.25) is 0 Å². The number of benzene rings is 1. The first-order valence-electron chi connectivity index (χ1n) is 4.14. The van der Waals surface area contributed by atoms with Crippen LogP contribution in [0.25, 0.3) is 10.9 Å². The van der Waals surface area contributed by atoms with Gasteiger partial charge in [0.1, 0.15) is 0 Å². The van der Waals surface area contributed by atoms with Crippen molar-refractivity contribution in [1.29, 1.82) is 5.26 Å². The maximum atomic E-state index is 8.72. The van der Waals surface area contributed by atoms with Gasteiger partial charge in [0.15, 0.2) is 0 Å². The van der Waals surface area contributed by atoms with Crippen molar-refractivity contribution in [2.75, 3.05) is 0 Å². The summed E-state index contributed by atoms with van der Waals surface area (Å²) in [4.78, 5) is 5.08. The summed E-state index contributed by atoms with van der Waals surface area (Å²) in [5, 5.41) is 9.70. The van der Waals surface area contributed by atoms with E-state index in [1.807, 2.05) is 40.2 Å². The Hall–Kier alpha value is 0.256. The molecular weight excluding hydrogens is 533 g/mol. The number of rotatable bonds is 1. The molecule has 0 spiro atoms. The van der Waals surface area contributed by atoms with Crippen LogP contribution in [0.15, 0.2) is 23.1 Å². The van der Waals surface area contributed by atoms with Gasteiger partial charge < -0.3 is 4.98 Å². The molecule has 85 valence electrons. The van der Waals surface area contributed by atoms with Crippen molar-refractivity contribution in [2.45, 2.75) is 11.8 Å². The molecule has 2 rings (SSSR count). The maximum absolute atomic E-state index is 8.72. The van der Waals surface area contributed by atoms with Crippen molar-refractivity contribution < 1.29 is 15.1 Å². The predicted molar refractivity (Wildman–Crippen MR) is 72.5 cm³/mol. The molecule has 0 bridgehead atoms. The third kappa shape index (κ3) is 3.14. The molecule has 0 N–H and O–H groups in total. The minimum atomic E-state index is 0.442. The van der Waals surface area contributed by atoms with Gasteiger partial charge in [0, 0.05) is 4.90 Å². The van der Waals surface area contributed by atoms with Gasteiger partial charge in [-0.25, -0.2) is 0 Å². The van der Waals surface area contributed by atoms with Crippen LogP contribution in [-0.4, -0.2) is 0 Å². The molecule has 0 amide bonds. The van der Waals surface area contributed by atoms with Crippen LogP contribution >= 0.6 is 41.3 Å². The standard InChI is InChI=1S/C10H6ClN2S.HI.Os/c1-6-2-7-4-8(5-12)13-10(7)9(3-6)14-11;;/h2-4H,1H3;1H;/q-1;;+1/p-1. The molecule has 0 unspecified atom stereocenters. The first-order chi connectivity index (χ1) is 7.74. The molecule has 0 radical (unpaired) electrons. The average Bonchev–Trinajstić information content (AvgIpc) is 2.73. The summed E-state index contributed by atoms with van der Waals surface area (Å²) in [6, 6.07) is 7.77. The quantitative estimate of drug-likeness (QED) is 0.513. The van der Waals surface area contributed by atoms with Gasteiger partial charge in [0.05, 0.1) is 6.07 Å². The Morgan fingerprint density at radius 2 is 2.12 bits per heavy atom. The van der Waals surface area contributed by atoms with E-state index < -0.39 is 0 Å². The summed E-state index contributed by atoms with van der Waals surface area (Å²) in [6.45, 7) is 2.00. The summed E-state index contributed by atoms with van der Waals surface area (Å²) >= 11 is 4.01. The number of aryl methyl sites for hydroxylation is 1. The predicted octanol–water partition coefficient (Wildman–Crippen LogP) is 4.11. The first-order valence-corrected chi connectivity index (χ1v) is 13.0. The van der Waals surface area contributed by atoms with E-state index in [-0.39, 0.29) is 0 Å². The van der Waals surface area contributed by atoms with E-state index >= 15 is 0 Å². The van der Waals surface area contributed by atoms with Crippen LogP contribution in [0.5, 0.6) is 0 Å². The van der Waals surface area contributed by atoms with Crippen molar-refractivity contribution in [3.8, 4) is 6.07 Å². The van der Waals surface area contributed by atoms with E-state index in [0.29, 0.717) is 5.69 Å². The minimum absolute atomic E-state index is 0.442. The molecule has 0 aliphatic rings. The summed E-state index contributed by atoms with van der Waals surface area (Å²) in [7, 11) is 6.86. The average molecular weight is 539 g/mol. The van der Waals surface area contributed by atoms with Crippen LogP contribution in [0.1, 0.15) is 11.3 Å². The van der Waals surface area contributed by atoms with Crippen LogP contribution in [0.2, 0.25) is 0 Å². The fourth-order valence-corrected chi connectivity index (χ4v) is 2.24.